The highest BCUT2D eigenvalue weighted by atomic mass is 35.5. The number of carbonyl (C=O) groups is 4. The second kappa shape index (κ2) is 12.7. The Bertz CT molecular complexity index is 1610. The van der Waals surface area contributed by atoms with Crippen LogP contribution in [0, 0.1) is 0 Å². The molecule has 0 saturated carbocycles. The third-order valence-corrected chi connectivity index (χ3v) is 8.02. The van der Waals surface area contributed by atoms with Gasteiger partial charge in [-0.2, -0.15) is 0 Å². The molecule has 5 rings (SSSR count). The number of urea groups is 1. The zero-order chi connectivity index (χ0) is 29.8. The summed E-state index contributed by atoms with van der Waals surface area (Å²) in [6.45, 7) is -0.386. The van der Waals surface area contributed by atoms with Gasteiger partial charge in [0, 0.05) is 0 Å². The van der Waals surface area contributed by atoms with Crippen LogP contribution in [-0.2, 0) is 28.9 Å². The summed E-state index contributed by atoms with van der Waals surface area (Å²) in [7, 11) is 0. The van der Waals surface area contributed by atoms with Gasteiger partial charge in [-0.1, -0.05) is 77.8 Å². The van der Waals surface area contributed by atoms with Gasteiger partial charge in [0.2, 0.25) is 5.91 Å². The highest BCUT2D eigenvalue weighted by Crippen LogP contribution is 2.33. The lowest BCUT2D eigenvalue weighted by molar-refractivity contribution is -0.139. The molecule has 0 radical (unpaired) electrons. The number of halogens is 2. The van der Waals surface area contributed by atoms with E-state index in [4.69, 9.17) is 23.2 Å². The lowest BCUT2D eigenvalue weighted by Crippen LogP contribution is -2.50. The van der Waals surface area contributed by atoms with Crippen molar-refractivity contribution in [2.75, 3.05) is 11.9 Å². The second-order valence-corrected chi connectivity index (χ2v) is 10.9. The predicted molar refractivity (Wildman–Crippen MR) is 161 cm³/mol. The molecule has 0 saturated heterocycles. The molecule has 2 aliphatic carbocycles. The number of rotatable bonds is 9. The molecule has 3 aromatic carbocycles. The molecular formula is C31H28Cl2N4O5. The average molecular weight is 607 g/mol. The quantitative estimate of drug-likeness (QED) is 0.236. The first-order valence-corrected chi connectivity index (χ1v) is 14.2. The largest absolute Gasteiger partial charge is 0.480 e. The maximum atomic E-state index is 13.1. The van der Waals surface area contributed by atoms with E-state index >= 15 is 0 Å². The van der Waals surface area contributed by atoms with E-state index in [0.717, 1.165) is 41.5 Å². The smallest absolute Gasteiger partial charge is 0.328 e. The van der Waals surface area contributed by atoms with Crippen molar-refractivity contribution in [2.24, 2.45) is 0 Å². The molecule has 42 heavy (non-hydrogen) atoms. The lowest BCUT2D eigenvalue weighted by atomic mass is 10.0. The minimum absolute atomic E-state index is 0.0318. The van der Waals surface area contributed by atoms with E-state index in [1.165, 1.54) is 17.7 Å². The van der Waals surface area contributed by atoms with E-state index in [-0.39, 0.29) is 46.2 Å². The summed E-state index contributed by atoms with van der Waals surface area (Å²) in [5.74, 6) is -2.59. The van der Waals surface area contributed by atoms with Gasteiger partial charge in [0.1, 0.15) is 6.04 Å². The van der Waals surface area contributed by atoms with Crippen molar-refractivity contribution >= 4 is 58.8 Å². The van der Waals surface area contributed by atoms with Crippen LogP contribution in [0.25, 0.3) is 6.08 Å². The van der Waals surface area contributed by atoms with Crippen LogP contribution in [0.15, 0.2) is 60.7 Å². The molecule has 2 unspecified atom stereocenters. The Kier molecular flexibility index (Phi) is 8.80. The van der Waals surface area contributed by atoms with Crippen molar-refractivity contribution < 1.29 is 24.3 Å². The lowest BCUT2D eigenvalue weighted by Gasteiger charge is -2.19. The van der Waals surface area contributed by atoms with Crippen molar-refractivity contribution in [3.8, 4) is 0 Å². The van der Waals surface area contributed by atoms with E-state index in [9.17, 15) is 24.3 Å². The van der Waals surface area contributed by atoms with Crippen molar-refractivity contribution in [3.63, 3.8) is 0 Å². The summed E-state index contributed by atoms with van der Waals surface area (Å²) in [6, 6.07) is 14.3. The van der Waals surface area contributed by atoms with Gasteiger partial charge in [0.25, 0.3) is 5.91 Å². The number of fused-ring (bicyclic) bond motifs is 2. The van der Waals surface area contributed by atoms with Crippen LogP contribution in [0.4, 0.5) is 10.5 Å². The van der Waals surface area contributed by atoms with Crippen molar-refractivity contribution in [1.29, 1.82) is 0 Å². The van der Waals surface area contributed by atoms with E-state index < -0.39 is 23.9 Å². The van der Waals surface area contributed by atoms with Gasteiger partial charge < -0.3 is 26.4 Å². The van der Waals surface area contributed by atoms with Gasteiger partial charge in [-0.3, -0.25) is 9.59 Å². The molecule has 0 fully saturated rings. The summed E-state index contributed by atoms with van der Waals surface area (Å²) < 4.78 is 0. The van der Waals surface area contributed by atoms with Crippen LogP contribution >= 0.6 is 23.2 Å². The molecule has 0 bridgehead atoms. The SMILES string of the molecule is O=C(Cc1ccc2c(c1)C=CC2)Nc1ccc(Cl)c(C(=O)NC(CNC(=O)NC2CCc3ccccc32)C(=O)O)c1Cl. The summed E-state index contributed by atoms with van der Waals surface area (Å²) >= 11 is 12.7. The van der Waals surface area contributed by atoms with Gasteiger partial charge in [-0.25, -0.2) is 9.59 Å². The first kappa shape index (κ1) is 29.2. The first-order chi connectivity index (χ1) is 20.2. The summed E-state index contributed by atoms with van der Waals surface area (Å²) in [6.07, 6.45) is 6.60. The maximum absolute atomic E-state index is 13.1. The van der Waals surface area contributed by atoms with Crippen LogP contribution in [0.3, 0.4) is 0 Å². The number of nitrogens with one attached hydrogen (secondary N) is 4. The number of benzene rings is 3. The number of allylic oxidation sites excluding steroid dienone is 1. The number of hydrogen-bond donors (Lipinski definition) is 5. The number of anilines is 1. The fourth-order valence-electron chi connectivity index (χ4n) is 5.19. The van der Waals surface area contributed by atoms with Crippen LogP contribution in [0.1, 0.15) is 50.6 Å². The molecule has 9 nitrogen and oxygen atoms in total. The third-order valence-electron chi connectivity index (χ3n) is 7.31. The first-order valence-electron chi connectivity index (χ1n) is 13.4. The summed E-state index contributed by atoms with van der Waals surface area (Å²) in [4.78, 5) is 50.3. The van der Waals surface area contributed by atoms with Gasteiger partial charge in [0.05, 0.1) is 40.3 Å². The topological polar surface area (TPSA) is 137 Å². The molecule has 5 N–H and O–H groups in total. The van der Waals surface area contributed by atoms with Gasteiger partial charge in [-0.05, 0) is 59.2 Å². The Morgan fingerprint density at radius 1 is 1.00 bits per heavy atom. The normalized spacial score (nSPS) is 15.3. The molecule has 0 heterocycles. The summed E-state index contributed by atoms with van der Waals surface area (Å²) in [5.41, 5.74) is 5.23. The van der Waals surface area contributed by atoms with Crippen molar-refractivity contribution in [2.45, 2.75) is 37.8 Å². The Morgan fingerprint density at radius 2 is 1.81 bits per heavy atom. The Labute approximate surface area is 252 Å². The minimum atomic E-state index is -1.47. The molecule has 2 atom stereocenters. The maximum Gasteiger partial charge on any atom is 0.328 e. The molecule has 216 valence electrons. The number of aryl methyl sites for hydroxylation is 1. The highest BCUT2D eigenvalue weighted by molar-refractivity contribution is 6.41. The Hall–Kier alpha value is -4.34. The molecule has 0 aliphatic heterocycles. The molecule has 3 aromatic rings. The Morgan fingerprint density at radius 3 is 2.62 bits per heavy atom. The van der Waals surface area contributed by atoms with Crippen LogP contribution in [0.5, 0.6) is 0 Å². The zero-order valence-electron chi connectivity index (χ0n) is 22.4. The predicted octanol–water partition coefficient (Wildman–Crippen LogP) is 4.91. The molecular weight excluding hydrogens is 579 g/mol. The number of carboxylic acid groups (broad SMARTS) is 1. The standard InChI is InChI=1S/C31H28Cl2N4O5/c32-22-11-13-24(35-26(38)15-17-8-9-18-5-3-6-20(18)14-17)28(33)27(22)29(39)36-25(30(40)41)16-34-31(42)37-23-12-10-19-4-1-2-7-21(19)23/h1-4,6-9,11,13-14,23,25H,5,10,12,15-16H2,(H,35,38)(H,36,39)(H,40,41)(H2,34,37,42). The molecule has 0 spiro atoms. The van der Waals surface area contributed by atoms with E-state index in [1.54, 1.807) is 0 Å². The zero-order valence-corrected chi connectivity index (χ0v) is 23.9. The van der Waals surface area contributed by atoms with Crippen LogP contribution in [0.2, 0.25) is 10.0 Å². The average Bonchev–Trinajstić information content (AvgIpc) is 3.59. The van der Waals surface area contributed by atoms with E-state index in [0.29, 0.717) is 0 Å². The molecule has 4 amide bonds. The number of carbonyl (C=O) groups excluding carboxylic acids is 3. The van der Waals surface area contributed by atoms with Crippen LogP contribution < -0.4 is 21.3 Å². The fourth-order valence-corrected chi connectivity index (χ4v) is 5.78. The number of carboxylic acids is 1. The van der Waals surface area contributed by atoms with Crippen molar-refractivity contribution in [3.05, 3.63) is 104 Å². The van der Waals surface area contributed by atoms with Gasteiger partial charge in [0.15, 0.2) is 0 Å². The second-order valence-electron chi connectivity index (χ2n) is 10.2. The number of hydrogen-bond acceptors (Lipinski definition) is 4. The third kappa shape index (κ3) is 6.58. The monoisotopic (exact) mass is 606 g/mol. The minimum Gasteiger partial charge on any atom is -0.480 e. The van der Waals surface area contributed by atoms with E-state index in [1.807, 2.05) is 48.5 Å². The van der Waals surface area contributed by atoms with E-state index in [2.05, 4.69) is 27.3 Å². The van der Waals surface area contributed by atoms with Gasteiger partial charge in [-0.15, -0.1) is 0 Å². The molecule has 0 aromatic heterocycles. The fraction of sp³-hybridized carbons (Fsp3) is 0.226. The number of amides is 4. The summed E-state index contributed by atoms with van der Waals surface area (Å²) in [5, 5.41) is 19.9. The molecule has 2 aliphatic rings. The van der Waals surface area contributed by atoms with Crippen LogP contribution in [-0.4, -0.2) is 41.5 Å². The number of aliphatic carboxylic acids is 1. The van der Waals surface area contributed by atoms with Crippen molar-refractivity contribution in [1.82, 2.24) is 16.0 Å². The molecule has 11 heteroatoms. The van der Waals surface area contributed by atoms with Gasteiger partial charge >= 0.3 is 12.0 Å². The highest BCUT2D eigenvalue weighted by Gasteiger charge is 2.27. The Balaban J connectivity index is 1.20.